The first-order chi connectivity index (χ1) is 71.7. The number of pyridine rings is 3. The van der Waals surface area contributed by atoms with Crippen LogP contribution in [0.3, 0.4) is 0 Å². The number of carbonyl (C=O) groups excluding carboxylic acids is 7. The summed E-state index contributed by atoms with van der Waals surface area (Å²) in [6.07, 6.45) is 34.7. The van der Waals surface area contributed by atoms with E-state index in [2.05, 4.69) is 128 Å². The minimum Gasteiger partial charge on any atom is -0.478 e. The molecule has 5 saturated carbocycles. The number of nitrogens with one attached hydrogen (secondary N) is 4. The molecule has 13 aromatic rings. The predicted molar refractivity (Wildman–Crippen MR) is 567 cm³/mol. The molecule has 5 aliphatic carbocycles. The van der Waals surface area contributed by atoms with E-state index in [4.69, 9.17) is 23.5 Å². The smallest absolute Gasteiger partial charge is 0.478 e. The molecule has 2 bridgehead atoms. The maximum absolute atomic E-state index is 13.4. The van der Waals surface area contributed by atoms with Gasteiger partial charge in [-0.05, 0) is 239 Å². The number of likely N-dealkylation sites (tertiary alicyclic amines) is 1. The zero-order valence-corrected chi connectivity index (χ0v) is 86.5. The largest absolute Gasteiger partial charge is 0.498 e. The highest BCUT2D eigenvalue weighted by Crippen LogP contribution is 2.63. The minimum atomic E-state index is -0.948. The molecule has 0 radical (unpaired) electrons. The van der Waals surface area contributed by atoms with Crippen LogP contribution in [-0.4, -0.2) is 220 Å². The molecule has 2 atom stereocenters. The number of piperazine rings is 1. The van der Waals surface area contributed by atoms with Crippen LogP contribution < -0.4 is 51.2 Å². The molecule has 13 aliphatic rings. The Morgan fingerprint density at radius 2 is 0.667 bits per heavy atom. The highest BCUT2D eigenvalue weighted by molar-refractivity contribution is 9.10. The van der Waals surface area contributed by atoms with Crippen LogP contribution in [0.1, 0.15) is 199 Å². The highest BCUT2D eigenvalue weighted by atomic mass is 79.9. The zero-order chi connectivity index (χ0) is 104. The fourth-order valence-electron chi connectivity index (χ4n) is 21.5. The van der Waals surface area contributed by atoms with Crippen molar-refractivity contribution >= 4 is 164 Å². The number of nitrogens with zero attached hydrogens (tertiary/aromatic N) is 19. The Bertz CT molecular complexity index is 7550. The van der Waals surface area contributed by atoms with Crippen molar-refractivity contribution in [1.82, 2.24) is 75.0 Å². The van der Waals surface area contributed by atoms with Crippen molar-refractivity contribution in [3.05, 3.63) is 268 Å². The molecule has 5 spiro atoms. The summed E-state index contributed by atoms with van der Waals surface area (Å²) in [6.45, 7) is 18.2. The SMILES string of the molecule is CC(=O)Nc1ccnc(-c2cnc(N3CC4(CC4)c4ccc(C(=O)N5CC6CC5CN6)cc43)nc2)c1.CC(=O)Nc1ccnc(-c2cnc(N3CC4(CC4)c4ccc(C(=O)O)cc43)nc2)c1.COC(=O)c1ccc2c(c1)N(c1ncc(-c3cc(NC(C)=O)ccn3)cn1)CC21CC1.COC(=O)c1ccc2c(c1)N(c1ncc(B3OC(C)(C)C(C)(C)O3)cn1)CC21CC1.COC(=O)c1ccc2c(c1)N(c1ncc(Br)cn1)CC21CC1.Cl. The highest BCUT2D eigenvalue weighted by Gasteiger charge is 2.59. The van der Waals surface area contributed by atoms with E-state index in [0.717, 1.165) is 164 Å². The van der Waals surface area contributed by atoms with Gasteiger partial charge in [0.2, 0.25) is 47.5 Å². The summed E-state index contributed by atoms with van der Waals surface area (Å²) in [5, 5.41) is 21.1. The summed E-state index contributed by atoms with van der Waals surface area (Å²) in [6, 6.07) is 40.1. The van der Waals surface area contributed by atoms with Gasteiger partial charge in [-0.1, -0.05) is 30.3 Å². The number of aromatic carboxylic acids is 1. The number of hydrogen-bond acceptors (Lipinski definition) is 32. The second kappa shape index (κ2) is 39.2. The molecule has 4 amide bonds. The monoisotopic (exact) mass is 2100 g/mol. The number of methoxy groups -OCH3 is 3. The Kier molecular flexibility index (Phi) is 26.2. The van der Waals surface area contributed by atoms with E-state index in [-0.39, 0.29) is 86.6 Å². The number of fused-ring (bicyclic) bond motifs is 12. The molecular formula is C110H108BBrClN23O14. The quantitative estimate of drug-likeness (QED) is 0.0321. The number of halogens is 2. The van der Waals surface area contributed by atoms with E-state index in [9.17, 15) is 43.5 Å². The lowest BCUT2D eigenvalue weighted by atomic mass is 9.81. The molecule has 2 unspecified atom stereocenters. The molecule has 764 valence electrons. The van der Waals surface area contributed by atoms with Crippen LogP contribution in [0.2, 0.25) is 0 Å². The first-order valence-electron chi connectivity index (χ1n) is 49.7. The summed E-state index contributed by atoms with van der Waals surface area (Å²) in [7, 11) is 3.68. The Morgan fingerprint density at radius 3 is 0.940 bits per heavy atom. The molecule has 8 aliphatic heterocycles. The molecule has 37 nitrogen and oxygen atoms in total. The number of anilines is 13. The topological polar surface area (TPSA) is 438 Å². The zero-order valence-electron chi connectivity index (χ0n) is 84.1. The van der Waals surface area contributed by atoms with Crippen molar-refractivity contribution in [2.24, 2.45) is 0 Å². The fourth-order valence-corrected chi connectivity index (χ4v) is 21.7. The Morgan fingerprint density at radius 1 is 0.387 bits per heavy atom. The first kappa shape index (κ1) is 100. The summed E-state index contributed by atoms with van der Waals surface area (Å²) >= 11 is 3.36. The van der Waals surface area contributed by atoms with Crippen LogP contribution in [0.4, 0.5) is 75.2 Å². The number of esters is 3. The van der Waals surface area contributed by atoms with Crippen LogP contribution in [0.25, 0.3) is 33.8 Å². The minimum absolute atomic E-state index is 0. The maximum Gasteiger partial charge on any atom is 0.498 e. The number of hydrogen-bond donors (Lipinski definition) is 5. The Labute approximate surface area is 879 Å². The van der Waals surface area contributed by atoms with Crippen LogP contribution >= 0.6 is 28.3 Å². The molecule has 3 saturated heterocycles. The van der Waals surface area contributed by atoms with Crippen molar-refractivity contribution in [1.29, 1.82) is 0 Å². The number of carbonyl (C=O) groups is 8. The molecule has 8 aromatic heterocycles. The second-order valence-electron chi connectivity index (χ2n) is 41.5. The summed E-state index contributed by atoms with van der Waals surface area (Å²) in [5.41, 5.74) is 20.7. The van der Waals surface area contributed by atoms with E-state index in [1.54, 1.807) is 123 Å². The average molecular weight is 2100 g/mol. The van der Waals surface area contributed by atoms with Crippen molar-refractivity contribution in [2.75, 3.05) is 108 Å². The number of carboxylic acids is 1. The third-order valence-electron chi connectivity index (χ3n) is 31.0. The van der Waals surface area contributed by atoms with Gasteiger partial charge in [0, 0.05) is 260 Å². The molecular weight excluding hydrogens is 1990 g/mol. The fraction of sp³-hybridized carbons (Fsp3) is 0.336. The molecule has 5 N–H and O–H groups in total. The maximum atomic E-state index is 13.4. The van der Waals surface area contributed by atoms with Gasteiger partial charge in [0.05, 0.1) is 76.3 Å². The van der Waals surface area contributed by atoms with E-state index in [0.29, 0.717) is 92.7 Å². The van der Waals surface area contributed by atoms with Crippen molar-refractivity contribution < 1.29 is 67.0 Å². The van der Waals surface area contributed by atoms with Gasteiger partial charge < -0.3 is 79.3 Å². The number of amides is 4. The molecule has 26 rings (SSSR count). The lowest BCUT2D eigenvalue weighted by molar-refractivity contribution is -0.115. The van der Waals surface area contributed by atoms with E-state index >= 15 is 0 Å². The van der Waals surface area contributed by atoms with E-state index in [1.807, 2.05) is 116 Å². The third-order valence-corrected chi connectivity index (χ3v) is 31.4. The van der Waals surface area contributed by atoms with Gasteiger partial charge in [0.1, 0.15) is 0 Å². The molecule has 8 fully saturated rings. The average Bonchev–Trinajstić information content (AvgIpc) is 1.57. The number of ether oxygens (including phenoxy) is 3. The number of aromatic nitrogens is 13. The number of benzene rings is 5. The van der Waals surface area contributed by atoms with Gasteiger partial charge in [0.15, 0.2) is 0 Å². The Balaban J connectivity index is 0.000000110. The lowest BCUT2D eigenvalue weighted by Gasteiger charge is -2.32. The summed E-state index contributed by atoms with van der Waals surface area (Å²) in [5.74, 6) is 0.723. The third kappa shape index (κ3) is 19.4. The van der Waals surface area contributed by atoms with Crippen molar-refractivity contribution in [2.45, 2.75) is 169 Å². The summed E-state index contributed by atoms with van der Waals surface area (Å²) < 4.78 is 27.7. The standard InChI is InChI=1S/C27H27N7O2.C23H21N5O3.C22H26BN3O4.C22H19N5O3.C16H14BrN3O2.ClH/c1-16(35)32-19-4-7-28-23(10-19)18-11-30-26(31-12-18)34-15-27(5-6-27)22-3-2-17(8-24(22)34)25(36)33-14-20-9-21(33)13-29-20;1-14(29)27-17-5-8-24-19(10-17)16-11-25-22(26-12-16)28-13-23(6-7-23)18-4-3-15(9-20(18)28)21(30)31-2;1-20(2)21(3,4)30-23(29-20)15-11-24-19(25-12-15)26-13-22(8-9-22)16-7-6-14(10-17(16)26)18(27)28-5;1-13(28)26-16-4-7-23-18(9-16)15-10-24-21(25-11-15)27-12-22(5-6-22)17-3-2-14(20(29)30)8-19(17)27;1-22-14(21)10-2-3-12-13(6-10)20(9-16(12)4-5-16)15-18-7-11(17)8-19-15;/h2-4,7-8,10-12,20-21,29H,5-6,9,13-15H2,1H3,(H,28,32,35);3-5,8-12H,6-7,13H2,1-2H3,(H,24,27,29);6-7,10-12H,8-9,13H2,1-5H3;2-4,7-11H,5-6,12H2,1H3,(H,29,30)(H,23,26,28);2-3,6-8H,4-5,9H2,1H3;1H. The van der Waals surface area contributed by atoms with Gasteiger partial charge in [-0.3, -0.25) is 34.1 Å². The van der Waals surface area contributed by atoms with Crippen LogP contribution in [0.5, 0.6) is 0 Å². The molecule has 150 heavy (non-hydrogen) atoms. The molecule has 16 heterocycles. The van der Waals surface area contributed by atoms with Crippen molar-refractivity contribution in [3.63, 3.8) is 0 Å². The second-order valence-corrected chi connectivity index (χ2v) is 42.4. The predicted octanol–water partition coefficient (Wildman–Crippen LogP) is 16.1. The van der Waals surface area contributed by atoms with Gasteiger partial charge >= 0.3 is 31.0 Å². The lowest BCUT2D eigenvalue weighted by Crippen LogP contribution is -2.46. The van der Waals surface area contributed by atoms with Gasteiger partial charge in [-0.2, -0.15) is 0 Å². The normalized spacial score (nSPS) is 18.8. The van der Waals surface area contributed by atoms with Crippen LogP contribution in [0.15, 0.2) is 212 Å². The number of rotatable bonds is 17. The van der Waals surface area contributed by atoms with Gasteiger partial charge in [-0.15, -0.1) is 12.4 Å². The molecule has 40 heteroatoms. The first-order valence-corrected chi connectivity index (χ1v) is 50.5. The Hall–Kier alpha value is -15.6. The van der Waals surface area contributed by atoms with Crippen LogP contribution in [0, 0.1) is 0 Å². The van der Waals surface area contributed by atoms with E-state index in [1.165, 1.54) is 82.8 Å². The van der Waals surface area contributed by atoms with Gasteiger partial charge in [0.25, 0.3) is 5.91 Å². The number of carboxylic acid groups (broad SMARTS) is 1. The molecule has 5 aromatic carbocycles. The van der Waals surface area contributed by atoms with Crippen molar-refractivity contribution in [3.8, 4) is 33.8 Å². The van der Waals surface area contributed by atoms with Crippen LogP contribution in [-0.2, 0) is 65.0 Å². The van der Waals surface area contributed by atoms with Gasteiger partial charge in [-0.25, -0.2) is 69.0 Å². The summed E-state index contributed by atoms with van der Waals surface area (Å²) in [4.78, 5) is 166. The van der Waals surface area contributed by atoms with E-state index < -0.39 is 24.3 Å².